The number of morpholine rings is 1. The molecule has 1 fully saturated rings. The lowest BCUT2D eigenvalue weighted by Crippen LogP contribution is -2.49. The van der Waals surface area contributed by atoms with E-state index in [4.69, 9.17) is 9.15 Å². The van der Waals surface area contributed by atoms with E-state index >= 15 is 0 Å². The number of rotatable bonds is 5. The number of nitrogens with zero attached hydrogens (tertiary/aromatic N) is 1. The van der Waals surface area contributed by atoms with Gasteiger partial charge in [0.25, 0.3) is 5.91 Å². The number of carbonyl (C=O) groups excluding carboxylic acids is 1. The van der Waals surface area contributed by atoms with Crippen molar-refractivity contribution in [1.82, 2.24) is 10.2 Å². The smallest absolute Gasteiger partial charge is 0.250 e. The summed E-state index contributed by atoms with van der Waals surface area (Å²) in [4.78, 5) is 14.6. The topological polar surface area (TPSA) is 54.7 Å². The van der Waals surface area contributed by atoms with Gasteiger partial charge < -0.3 is 14.5 Å². The number of ether oxygens (including phenoxy) is 1. The number of hydrogen-bond donors (Lipinski definition) is 1. The summed E-state index contributed by atoms with van der Waals surface area (Å²) >= 11 is 0. The third-order valence-corrected chi connectivity index (χ3v) is 4.11. The first-order valence-corrected chi connectivity index (χ1v) is 7.91. The number of nitrogens with one attached hydrogen (secondary N) is 1. The Kier molecular flexibility index (Phi) is 5.10. The Morgan fingerprint density at radius 3 is 2.87 bits per heavy atom. The Bertz CT molecular complexity index is 639. The van der Waals surface area contributed by atoms with Crippen molar-refractivity contribution < 1.29 is 13.9 Å². The van der Waals surface area contributed by atoms with Crippen LogP contribution >= 0.6 is 0 Å². The third kappa shape index (κ3) is 4.21. The largest absolute Gasteiger partial charge is 0.469 e. The predicted octanol–water partition coefficient (Wildman–Crippen LogP) is 2.11. The number of hydrogen-bond acceptors (Lipinski definition) is 4. The van der Waals surface area contributed by atoms with Gasteiger partial charge in [0.05, 0.1) is 12.9 Å². The molecule has 23 heavy (non-hydrogen) atoms. The molecule has 0 saturated carbocycles. The van der Waals surface area contributed by atoms with Crippen molar-refractivity contribution in [2.45, 2.75) is 26.1 Å². The van der Waals surface area contributed by atoms with E-state index in [0.29, 0.717) is 19.7 Å². The second kappa shape index (κ2) is 7.44. The van der Waals surface area contributed by atoms with Gasteiger partial charge in [0.2, 0.25) is 0 Å². The maximum Gasteiger partial charge on any atom is 0.250 e. The standard InChI is InChI=1S/C18H22N2O3/c1-14-16(7-9-22-14)11-19-18(21)17-13-20(8-10-23-17)12-15-5-3-2-4-6-15/h2-7,9,17H,8,10-13H2,1H3,(H,19,21). The Hall–Kier alpha value is -2.11. The minimum absolute atomic E-state index is 0.0663. The van der Waals surface area contributed by atoms with Crippen LogP contribution in [0.15, 0.2) is 47.1 Å². The first-order chi connectivity index (χ1) is 11.2. The van der Waals surface area contributed by atoms with Crippen LogP contribution < -0.4 is 5.32 Å². The van der Waals surface area contributed by atoms with E-state index in [0.717, 1.165) is 24.4 Å². The highest BCUT2D eigenvalue weighted by Crippen LogP contribution is 2.12. The van der Waals surface area contributed by atoms with Crippen LogP contribution in [0.25, 0.3) is 0 Å². The van der Waals surface area contributed by atoms with Gasteiger partial charge in [0, 0.05) is 31.7 Å². The molecular formula is C18H22N2O3. The number of aryl methyl sites for hydroxylation is 1. The highest BCUT2D eigenvalue weighted by Gasteiger charge is 2.26. The van der Waals surface area contributed by atoms with Crippen LogP contribution in [-0.4, -0.2) is 36.6 Å². The average molecular weight is 314 g/mol. The maximum absolute atomic E-state index is 12.3. The van der Waals surface area contributed by atoms with Gasteiger partial charge in [-0.05, 0) is 18.6 Å². The molecule has 1 N–H and O–H groups in total. The first kappa shape index (κ1) is 15.8. The minimum atomic E-state index is -0.417. The van der Waals surface area contributed by atoms with Crippen LogP contribution in [0.1, 0.15) is 16.9 Å². The van der Waals surface area contributed by atoms with E-state index in [1.54, 1.807) is 6.26 Å². The average Bonchev–Trinajstić information content (AvgIpc) is 2.99. The van der Waals surface area contributed by atoms with Crippen molar-refractivity contribution in [3.8, 4) is 0 Å². The summed E-state index contributed by atoms with van der Waals surface area (Å²) in [6, 6.07) is 12.2. The fourth-order valence-corrected chi connectivity index (χ4v) is 2.74. The summed E-state index contributed by atoms with van der Waals surface area (Å²) in [5.74, 6) is 0.768. The van der Waals surface area contributed by atoms with E-state index in [9.17, 15) is 4.79 Å². The molecule has 1 unspecified atom stereocenters. The zero-order chi connectivity index (χ0) is 16.1. The van der Waals surface area contributed by atoms with Crippen molar-refractivity contribution in [3.05, 3.63) is 59.5 Å². The van der Waals surface area contributed by atoms with Crippen molar-refractivity contribution in [3.63, 3.8) is 0 Å². The summed E-state index contributed by atoms with van der Waals surface area (Å²) in [5, 5.41) is 2.93. The number of amides is 1. The minimum Gasteiger partial charge on any atom is -0.469 e. The summed E-state index contributed by atoms with van der Waals surface area (Å²) in [6.45, 7) is 5.25. The molecule has 1 aliphatic heterocycles. The van der Waals surface area contributed by atoms with Gasteiger partial charge in [-0.25, -0.2) is 0 Å². The lowest BCUT2D eigenvalue weighted by Gasteiger charge is -2.32. The van der Waals surface area contributed by atoms with Gasteiger partial charge in [0.1, 0.15) is 11.9 Å². The molecule has 2 heterocycles. The quantitative estimate of drug-likeness (QED) is 0.918. The zero-order valence-electron chi connectivity index (χ0n) is 13.3. The highest BCUT2D eigenvalue weighted by atomic mass is 16.5. The molecule has 0 bridgehead atoms. The molecule has 1 atom stereocenters. The molecule has 1 aromatic carbocycles. The summed E-state index contributed by atoms with van der Waals surface area (Å²) < 4.78 is 10.9. The van der Waals surface area contributed by atoms with Crippen LogP contribution in [0.5, 0.6) is 0 Å². The molecule has 5 nitrogen and oxygen atoms in total. The van der Waals surface area contributed by atoms with Crippen LogP contribution in [0, 0.1) is 6.92 Å². The molecule has 1 amide bonds. The first-order valence-electron chi connectivity index (χ1n) is 7.91. The molecule has 0 radical (unpaired) electrons. The fourth-order valence-electron chi connectivity index (χ4n) is 2.74. The second-order valence-electron chi connectivity index (χ2n) is 5.80. The Balaban J connectivity index is 1.51. The van der Waals surface area contributed by atoms with Crippen LogP contribution in [0.3, 0.4) is 0 Å². The fraction of sp³-hybridized carbons (Fsp3) is 0.389. The van der Waals surface area contributed by atoms with Gasteiger partial charge in [-0.1, -0.05) is 30.3 Å². The van der Waals surface area contributed by atoms with E-state index in [1.165, 1.54) is 5.56 Å². The summed E-state index contributed by atoms with van der Waals surface area (Å²) in [6.07, 6.45) is 1.22. The third-order valence-electron chi connectivity index (χ3n) is 4.11. The Morgan fingerprint density at radius 1 is 1.30 bits per heavy atom. The van der Waals surface area contributed by atoms with Crippen molar-refractivity contribution in [2.24, 2.45) is 0 Å². The molecule has 2 aromatic rings. The van der Waals surface area contributed by atoms with Crippen LogP contribution in [0.4, 0.5) is 0 Å². The molecular weight excluding hydrogens is 292 g/mol. The van der Waals surface area contributed by atoms with Crippen molar-refractivity contribution in [1.29, 1.82) is 0 Å². The van der Waals surface area contributed by atoms with Gasteiger partial charge in [0.15, 0.2) is 0 Å². The molecule has 0 spiro atoms. The summed E-state index contributed by atoms with van der Waals surface area (Å²) in [7, 11) is 0. The molecule has 1 aliphatic rings. The highest BCUT2D eigenvalue weighted by molar-refractivity contribution is 5.81. The number of carbonyl (C=O) groups is 1. The van der Waals surface area contributed by atoms with E-state index in [2.05, 4.69) is 22.3 Å². The monoisotopic (exact) mass is 314 g/mol. The number of benzene rings is 1. The normalized spacial score (nSPS) is 18.7. The molecule has 1 saturated heterocycles. The lowest BCUT2D eigenvalue weighted by atomic mass is 10.2. The molecule has 3 rings (SSSR count). The van der Waals surface area contributed by atoms with E-state index < -0.39 is 6.10 Å². The SMILES string of the molecule is Cc1occc1CNC(=O)C1CN(Cc2ccccc2)CCO1. The van der Waals surface area contributed by atoms with Crippen molar-refractivity contribution in [2.75, 3.05) is 19.7 Å². The van der Waals surface area contributed by atoms with Crippen molar-refractivity contribution >= 4 is 5.91 Å². The number of furan rings is 1. The molecule has 0 aliphatic carbocycles. The van der Waals surface area contributed by atoms with E-state index in [-0.39, 0.29) is 5.91 Å². The van der Waals surface area contributed by atoms with Gasteiger partial charge in [-0.2, -0.15) is 0 Å². The van der Waals surface area contributed by atoms with Gasteiger partial charge in [-0.15, -0.1) is 0 Å². The second-order valence-corrected chi connectivity index (χ2v) is 5.80. The van der Waals surface area contributed by atoms with Crippen LogP contribution in [-0.2, 0) is 22.6 Å². The molecule has 122 valence electrons. The van der Waals surface area contributed by atoms with E-state index in [1.807, 2.05) is 31.2 Å². The lowest BCUT2D eigenvalue weighted by molar-refractivity contribution is -0.139. The van der Waals surface area contributed by atoms with Crippen LogP contribution in [0.2, 0.25) is 0 Å². The molecule has 1 aromatic heterocycles. The van der Waals surface area contributed by atoms with Gasteiger partial charge >= 0.3 is 0 Å². The Labute approximate surface area is 136 Å². The summed E-state index contributed by atoms with van der Waals surface area (Å²) in [5.41, 5.74) is 2.25. The molecule has 5 heteroatoms. The zero-order valence-corrected chi connectivity index (χ0v) is 13.3. The predicted molar refractivity (Wildman–Crippen MR) is 86.8 cm³/mol. The maximum atomic E-state index is 12.3. The Morgan fingerprint density at radius 2 is 2.13 bits per heavy atom. The van der Waals surface area contributed by atoms with Gasteiger partial charge in [-0.3, -0.25) is 9.69 Å².